The molecule has 0 bridgehead atoms. The average molecular weight is 600 g/mol. The van der Waals surface area contributed by atoms with Crippen molar-refractivity contribution < 1.29 is 27.4 Å². The van der Waals surface area contributed by atoms with Gasteiger partial charge in [0, 0.05) is 23.0 Å². The van der Waals surface area contributed by atoms with Crippen LogP contribution in [0.25, 0.3) is 10.9 Å². The van der Waals surface area contributed by atoms with Crippen molar-refractivity contribution >= 4 is 55.1 Å². The Morgan fingerprint density at radius 2 is 1.93 bits per heavy atom. The van der Waals surface area contributed by atoms with Gasteiger partial charge in [0.25, 0.3) is 0 Å². The van der Waals surface area contributed by atoms with Crippen LogP contribution < -0.4 is 9.47 Å². The molecular formula is C28H26ClN3O6S2. The maximum atomic E-state index is 11.9. The van der Waals surface area contributed by atoms with E-state index in [2.05, 4.69) is 15.0 Å². The Morgan fingerprint density at radius 3 is 2.65 bits per heavy atom. The molecule has 9 nitrogen and oxygen atoms in total. The van der Waals surface area contributed by atoms with E-state index in [1.54, 1.807) is 37.3 Å². The van der Waals surface area contributed by atoms with Crippen LogP contribution in [0.5, 0.6) is 17.2 Å². The first kappa shape index (κ1) is 28.0. The molecule has 1 N–H and O–H groups in total. The maximum Gasteiger partial charge on any atom is 0.306 e. The third-order valence-corrected chi connectivity index (χ3v) is 8.51. The lowest BCUT2D eigenvalue weighted by molar-refractivity contribution is -0.143. The first-order valence-electron chi connectivity index (χ1n) is 12.4. The summed E-state index contributed by atoms with van der Waals surface area (Å²) in [6.45, 7) is 2.84. The number of halogens is 1. The summed E-state index contributed by atoms with van der Waals surface area (Å²) < 4.78 is 40.9. The number of aromatic amines is 1. The van der Waals surface area contributed by atoms with E-state index in [1.165, 1.54) is 23.9 Å². The summed E-state index contributed by atoms with van der Waals surface area (Å²) in [4.78, 5) is 24.5. The Balaban J connectivity index is 1.42. The molecule has 208 valence electrons. The summed E-state index contributed by atoms with van der Waals surface area (Å²) in [5.41, 5.74) is 2.20. The smallest absolute Gasteiger partial charge is 0.306 e. The number of pyridine rings is 1. The van der Waals surface area contributed by atoms with Crippen molar-refractivity contribution in [3.63, 3.8) is 0 Å². The number of fused-ring (bicyclic) bond motifs is 1. The minimum atomic E-state index is -3.32. The van der Waals surface area contributed by atoms with E-state index in [-0.39, 0.29) is 22.7 Å². The lowest BCUT2D eigenvalue weighted by Gasteiger charge is -2.11. The summed E-state index contributed by atoms with van der Waals surface area (Å²) in [5, 5.41) is 2.01. The zero-order valence-corrected chi connectivity index (χ0v) is 24.1. The largest absolute Gasteiger partial charge is 0.485 e. The minimum Gasteiger partial charge on any atom is -0.485 e. The predicted molar refractivity (Wildman–Crippen MR) is 156 cm³/mol. The van der Waals surface area contributed by atoms with E-state index >= 15 is 0 Å². The van der Waals surface area contributed by atoms with Gasteiger partial charge >= 0.3 is 5.97 Å². The Hall–Kier alpha value is -3.54. The number of hydrogen-bond acceptors (Lipinski definition) is 9. The predicted octanol–water partition coefficient (Wildman–Crippen LogP) is 5.81. The molecule has 0 fully saturated rings. The monoisotopic (exact) mass is 599 g/mol. The third-order valence-electron chi connectivity index (χ3n) is 5.95. The van der Waals surface area contributed by atoms with Gasteiger partial charge in [0.05, 0.1) is 41.4 Å². The Morgan fingerprint density at radius 1 is 1.12 bits per heavy atom. The highest BCUT2D eigenvalue weighted by Crippen LogP contribution is 2.36. The maximum absolute atomic E-state index is 11.9. The van der Waals surface area contributed by atoms with Crippen LogP contribution in [0.15, 0.2) is 70.6 Å². The molecule has 5 rings (SSSR count). The molecule has 0 radical (unpaired) electrons. The number of sulfone groups is 1. The molecule has 2 aromatic heterocycles. The normalized spacial score (nSPS) is 15.2. The van der Waals surface area contributed by atoms with Gasteiger partial charge in [0.2, 0.25) is 0 Å². The van der Waals surface area contributed by atoms with E-state index in [0.29, 0.717) is 47.7 Å². The zero-order chi connectivity index (χ0) is 28.3. The first-order valence-corrected chi connectivity index (χ1v) is 15.6. The van der Waals surface area contributed by atoms with Crippen LogP contribution in [-0.2, 0) is 26.0 Å². The second kappa shape index (κ2) is 11.9. The number of carbonyl (C=O) groups excluding carboxylic acids is 1. The van der Waals surface area contributed by atoms with Crippen molar-refractivity contribution in [3.05, 3.63) is 77.2 Å². The molecule has 12 heteroatoms. The van der Waals surface area contributed by atoms with E-state index in [1.807, 2.05) is 18.2 Å². The lowest BCUT2D eigenvalue weighted by Crippen LogP contribution is -2.14. The quantitative estimate of drug-likeness (QED) is 0.179. The van der Waals surface area contributed by atoms with Crippen molar-refractivity contribution in [1.82, 2.24) is 9.97 Å². The summed E-state index contributed by atoms with van der Waals surface area (Å²) in [5.74, 6) is 1.27. The fourth-order valence-electron chi connectivity index (χ4n) is 4.12. The van der Waals surface area contributed by atoms with Crippen molar-refractivity contribution in [2.45, 2.75) is 30.1 Å². The van der Waals surface area contributed by atoms with Crippen molar-refractivity contribution in [1.29, 1.82) is 0 Å². The van der Waals surface area contributed by atoms with E-state index in [9.17, 15) is 13.2 Å². The molecule has 0 spiro atoms. The highest BCUT2D eigenvalue weighted by Gasteiger charge is 2.25. The molecule has 3 heterocycles. The molecule has 1 aliphatic rings. The molecular weight excluding hydrogens is 574 g/mol. The van der Waals surface area contributed by atoms with Gasteiger partial charge < -0.3 is 19.2 Å². The van der Waals surface area contributed by atoms with Crippen LogP contribution in [0.4, 0.5) is 0 Å². The SMILES string of the molecule is CCOC(=O)CC1CN=C(c2cc3cc(Oc4ccc(S(C)(=O)=O)cc4)cc(OCc4cccc(Cl)n4)c3[nH]2)S1. The number of H-pyrrole nitrogens is 1. The molecule has 0 saturated carbocycles. The standard InChI is InChI=1S/C28H26ClN3O6S2/c1-3-36-26(33)14-21-15-30-28(39-21)23-12-17-11-20(38-19-7-9-22(10-8-19)40(2,34)35)13-24(27(17)32-23)37-16-18-5-4-6-25(29)31-18/h4-13,21,32H,3,14-16H2,1-2H3. The van der Waals surface area contributed by atoms with Crippen molar-refractivity contribution in [3.8, 4) is 17.2 Å². The van der Waals surface area contributed by atoms with E-state index < -0.39 is 9.84 Å². The van der Waals surface area contributed by atoms with Crippen LogP contribution in [0.2, 0.25) is 5.15 Å². The van der Waals surface area contributed by atoms with Crippen molar-refractivity contribution in [2.75, 3.05) is 19.4 Å². The second-order valence-electron chi connectivity index (χ2n) is 9.05. The number of thioether (sulfide) groups is 1. The van der Waals surface area contributed by atoms with Gasteiger partial charge in [-0.3, -0.25) is 9.79 Å². The summed E-state index contributed by atoms with van der Waals surface area (Å²) in [6.07, 6.45) is 1.45. The number of ether oxygens (including phenoxy) is 3. The van der Waals surface area contributed by atoms with Crippen molar-refractivity contribution in [2.24, 2.45) is 4.99 Å². The second-order valence-corrected chi connectivity index (χ2v) is 12.7. The first-order chi connectivity index (χ1) is 19.2. The fourth-order valence-corrected chi connectivity index (χ4v) is 6.01. The molecule has 0 amide bonds. The average Bonchev–Trinajstić information content (AvgIpc) is 3.54. The van der Waals surface area contributed by atoms with Gasteiger partial charge in [0.1, 0.15) is 34.1 Å². The Bertz CT molecular complexity index is 1690. The van der Waals surface area contributed by atoms with E-state index in [0.717, 1.165) is 27.9 Å². The van der Waals surface area contributed by atoms with Gasteiger partial charge in [-0.05, 0) is 55.5 Å². The summed E-state index contributed by atoms with van der Waals surface area (Å²) >= 11 is 7.57. The topological polar surface area (TPSA) is 120 Å². The number of carbonyl (C=O) groups is 1. The van der Waals surface area contributed by atoms with Gasteiger partial charge in [-0.15, -0.1) is 0 Å². The zero-order valence-electron chi connectivity index (χ0n) is 21.7. The van der Waals surface area contributed by atoms with E-state index in [4.69, 9.17) is 25.8 Å². The number of benzene rings is 2. The van der Waals surface area contributed by atoms with Crippen LogP contribution in [0.1, 0.15) is 24.7 Å². The Labute approximate surface area is 240 Å². The number of aromatic nitrogens is 2. The number of hydrogen-bond donors (Lipinski definition) is 1. The lowest BCUT2D eigenvalue weighted by atomic mass is 10.2. The Kier molecular flexibility index (Phi) is 8.34. The van der Waals surface area contributed by atoms with Crippen LogP contribution in [-0.4, -0.2) is 54.1 Å². The highest BCUT2D eigenvalue weighted by molar-refractivity contribution is 8.15. The van der Waals surface area contributed by atoms with Gasteiger partial charge in [-0.2, -0.15) is 0 Å². The number of esters is 1. The van der Waals surface area contributed by atoms with Gasteiger partial charge in [-0.1, -0.05) is 29.4 Å². The minimum absolute atomic E-state index is 0.0129. The number of aliphatic imine (C=N–C) groups is 1. The molecule has 0 saturated heterocycles. The summed E-state index contributed by atoms with van der Waals surface area (Å²) in [6, 6.07) is 17.1. The number of nitrogens with zero attached hydrogens (tertiary/aromatic N) is 2. The molecule has 1 atom stereocenters. The molecule has 1 aliphatic heterocycles. The molecule has 40 heavy (non-hydrogen) atoms. The highest BCUT2D eigenvalue weighted by atomic mass is 35.5. The molecule has 2 aromatic carbocycles. The number of rotatable bonds is 10. The molecule has 0 aliphatic carbocycles. The molecule has 4 aromatic rings. The van der Waals surface area contributed by atoms with Gasteiger partial charge in [-0.25, -0.2) is 13.4 Å². The summed E-state index contributed by atoms with van der Waals surface area (Å²) in [7, 11) is -3.32. The molecule has 1 unspecified atom stereocenters. The fraction of sp³-hybridized carbons (Fsp3) is 0.250. The number of nitrogens with one attached hydrogen (secondary N) is 1. The van der Waals surface area contributed by atoms with Gasteiger partial charge in [0.15, 0.2) is 9.84 Å². The third kappa shape index (κ3) is 6.78. The van der Waals surface area contributed by atoms with Crippen LogP contribution in [0.3, 0.4) is 0 Å². The van der Waals surface area contributed by atoms with Crippen LogP contribution in [0, 0.1) is 0 Å². The van der Waals surface area contributed by atoms with Crippen LogP contribution >= 0.6 is 23.4 Å².